The van der Waals surface area contributed by atoms with E-state index in [-0.39, 0.29) is 18.1 Å². The number of carbonyl (C=O) groups is 1. The molecule has 0 spiro atoms. The van der Waals surface area contributed by atoms with Crippen LogP contribution in [0, 0.1) is 11.3 Å². The molecule has 3 aliphatic heterocycles. The van der Waals surface area contributed by atoms with Crippen molar-refractivity contribution in [3.63, 3.8) is 0 Å². The van der Waals surface area contributed by atoms with E-state index in [9.17, 15) is 4.79 Å². The van der Waals surface area contributed by atoms with E-state index in [2.05, 4.69) is 44.6 Å². The smallest absolute Gasteiger partial charge is 0.157 e. The van der Waals surface area contributed by atoms with Crippen molar-refractivity contribution in [2.45, 2.75) is 31.5 Å². The summed E-state index contributed by atoms with van der Waals surface area (Å²) in [5, 5.41) is 13.6. The van der Waals surface area contributed by atoms with Crippen LogP contribution in [0.3, 0.4) is 0 Å². The van der Waals surface area contributed by atoms with Gasteiger partial charge in [0.1, 0.15) is 18.2 Å². The van der Waals surface area contributed by atoms with Gasteiger partial charge in [-0.25, -0.2) is 0 Å². The molecular weight excluding hydrogens is 454 g/mol. The summed E-state index contributed by atoms with van der Waals surface area (Å²) in [4.78, 5) is 15.2. The minimum absolute atomic E-state index is 0.0235. The number of hydrogen-bond donors (Lipinski definition) is 4. The van der Waals surface area contributed by atoms with Crippen LogP contribution < -0.4 is 16.9 Å². The van der Waals surface area contributed by atoms with Gasteiger partial charge in [0.2, 0.25) is 0 Å². The van der Waals surface area contributed by atoms with Crippen LogP contribution in [0.2, 0.25) is 0 Å². The highest BCUT2D eigenvalue weighted by atomic mass is 16.5. The number of ether oxygens (including phenoxy) is 1. The molecule has 1 saturated heterocycles. The first-order valence-electron chi connectivity index (χ1n) is 12.3. The molecule has 4 aliphatic rings. The zero-order chi connectivity index (χ0) is 25.2. The molecule has 3 unspecified atom stereocenters. The maximum Gasteiger partial charge on any atom is 0.157 e. The average Bonchev–Trinajstić information content (AvgIpc) is 3.50. The zero-order valence-corrected chi connectivity index (χ0v) is 20.5. The predicted molar refractivity (Wildman–Crippen MR) is 141 cm³/mol. The monoisotopic (exact) mass is 487 g/mol. The topological polar surface area (TPSA) is 133 Å². The lowest BCUT2D eigenvalue weighted by Gasteiger charge is -2.39. The van der Waals surface area contributed by atoms with E-state index >= 15 is 0 Å². The summed E-state index contributed by atoms with van der Waals surface area (Å²) in [6, 6.07) is 5.91. The second kappa shape index (κ2) is 10.0. The van der Waals surface area contributed by atoms with Crippen LogP contribution in [-0.2, 0) is 9.53 Å². The van der Waals surface area contributed by atoms with Crippen LogP contribution in [0.5, 0.6) is 0 Å². The normalized spacial score (nSPS) is 25.9. The molecule has 0 radical (unpaired) electrons. The molecule has 36 heavy (non-hydrogen) atoms. The number of aldehydes is 1. The number of hydrazone groups is 1. The number of amidine groups is 1. The van der Waals surface area contributed by atoms with Crippen LogP contribution >= 0.6 is 0 Å². The summed E-state index contributed by atoms with van der Waals surface area (Å²) in [5.74, 6) is 1.74. The maximum absolute atomic E-state index is 10.8. The van der Waals surface area contributed by atoms with E-state index in [4.69, 9.17) is 21.6 Å². The SMILES string of the molecule is CN1C(c2ccc(N)c(C(=N)C3C=C4CCOC4=CC3)c2)=NNC1C1CC=CCN1CC(N)=CC=O. The summed E-state index contributed by atoms with van der Waals surface area (Å²) < 4.78 is 5.65. The van der Waals surface area contributed by atoms with Gasteiger partial charge in [-0.15, -0.1) is 0 Å². The van der Waals surface area contributed by atoms with Gasteiger partial charge in [0.15, 0.2) is 5.84 Å². The fourth-order valence-corrected chi connectivity index (χ4v) is 5.37. The van der Waals surface area contributed by atoms with Gasteiger partial charge < -0.3 is 26.5 Å². The molecule has 0 saturated carbocycles. The number of hydrogen-bond acceptors (Lipinski definition) is 9. The van der Waals surface area contributed by atoms with E-state index in [0.29, 0.717) is 30.2 Å². The molecule has 1 aliphatic carbocycles. The van der Waals surface area contributed by atoms with Gasteiger partial charge >= 0.3 is 0 Å². The number of nitrogens with one attached hydrogen (secondary N) is 2. The number of rotatable bonds is 7. The second-order valence-electron chi connectivity index (χ2n) is 9.62. The molecule has 0 aromatic heterocycles. The molecule has 0 amide bonds. The van der Waals surface area contributed by atoms with Crippen molar-refractivity contribution in [2.24, 2.45) is 16.8 Å². The van der Waals surface area contributed by atoms with E-state index in [0.717, 1.165) is 54.8 Å². The molecule has 188 valence electrons. The second-order valence-corrected chi connectivity index (χ2v) is 9.62. The maximum atomic E-state index is 10.8. The van der Waals surface area contributed by atoms with Crippen LogP contribution in [0.15, 0.2) is 70.7 Å². The highest BCUT2D eigenvalue weighted by Gasteiger charge is 2.36. The molecule has 3 heterocycles. The predicted octanol–water partition coefficient (Wildman–Crippen LogP) is 2.08. The third-order valence-electron chi connectivity index (χ3n) is 7.32. The third kappa shape index (κ3) is 4.54. The van der Waals surface area contributed by atoms with E-state index in [1.54, 1.807) is 0 Å². The zero-order valence-electron chi connectivity index (χ0n) is 20.5. The Balaban J connectivity index is 1.34. The fourth-order valence-electron chi connectivity index (χ4n) is 5.37. The number of fused-ring (bicyclic) bond motifs is 1. The Morgan fingerprint density at radius 1 is 1.33 bits per heavy atom. The van der Waals surface area contributed by atoms with Crippen molar-refractivity contribution in [3.05, 3.63) is 76.7 Å². The molecule has 1 fully saturated rings. The Bertz CT molecular complexity index is 1210. The highest BCUT2D eigenvalue weighted by molar-refractivity contribution is 6.08. The van der Waals surface area contributed by atoms with Crippen molar-refractivity contribution >= 4 is 23.5 Å². The number of anilines is 1. The van der Waals surface area contributed by atoms with Gasteiger partial charge in [-0.3, -0.25) is 15.1 Å². The Hall–Kier alpha value is -3.85. The molecule has 3 atom stereocenters. The molecule has 1 aromatic carbocycles. The molecule has 5 rings (SSSR count). The number of carbonyl (C=O) groups excluding carboxylic acids is 1. The first-order valence-corrected chi connectivity index (χ1v) is 12.3. The van der Waals surface area contributed by atoms with Crippen molar-refractivity contribution in [2.75, 3.05) is 32.5 Å². The van der Waals surface area contributed by atoms with Crippen LogP contribution in [0.4, 0.5) is 5.69 Å². The molecular formula is C27H33N7O2. The van der Waals surface area contributed by atoms with Gasteiger partial charge in [-0.05, 0) is 48.8 Å². The number of nitrogens with zero attached hydrogens (tertiary/aromatic N) is 3. The van der Waals surface area contributed by atoms with E-state index in [1.165, 1.54) is 11.6 Å². The lowest BCUT2D eigenvalue weighted by atomic mass is 9.86. The lowest BCUT2D eigenvalue weighted by Crippen LogP contribution is -2.55. The van der Waals surface area contributed by atoms with Gasteiger partial charge in [0, 0.05) is 60.7 Å². The Labute approximate surface area is 211 Å². The average molecular weight is 488 g/mol. The number of nitrogen functional groups attached to an aromatic ring is 1. The van der Waals surface area contributed by atoms with Crippen LogP contribution in [0.1, 0.15) is 30.4 Å². The first kappa shape index (κ1) is 23.9. The van der Waals surface area contributed by atoms with Gasteiger partial charge in [0.05, 0.1) is 12.6 Å². The quantitative estimate of drug-likeness (QED) is 0.152. The van der Waals surface area contributed by atoms with Gasteiger partial charge in [-0.2, -0.15) is 5.10 Å². The Kier molecular flexibility index (Phi) is 6.65. The molecule has 1 aromatic rings. The molecule has 0 bridgehead atoms. The summed E-state index contributed by atoms with van der Waals surface area (Å²) in [7, 11) is 2.02. The van der Waals surface area contributed by atoms with Crippen molar-refractivity contribution < 1.29 is 9.53 Å². The summed E-state index contributed by atoms with van der Waals surface area (Å²) in [5.41, 5.74) is 20.1. The van der Waals surface area contributed by atoms with E-state index < -0.39 is 0 Å². The number of likely N-dealkylation sites (N-methyl/N-ethyl adjacent to an activating group) is 1. The minimum Gasteiger partial charge on any atom is -0.493 e. The number of benzene rings is 1. The minimum atomic E-state index is -0.0663. The van der Waals surface area contributed by atoms with Gasteiger partial charge in [-0.1, -0.05) is 18.2 Å². The van der Waals surface area contributed by atoms with E-state index in [1.807, 2.05) is 25.2 Å². The third-order valence-corrected chi connectivity index (χ3v) is 7.32. The number of nitrogens with two attached hydrogens (primary N) is 2. The summed E-state index contributed by atoms with van der Waals surface area (Å²) in [6.45, 7) is 1.97. The Morgan fingerprint density at radius 2 is 2.19 bits per heavy atom. The molecule has 9 nitrogen and oxygen atoms in total. The molecule has 9 heteroatoms. The van der Waals surface area contributed by atoms with Crippen molar-refractivity contribution in [1.82, 2.24) is 15.2 Å². The van der Waals surface area contributed by atoms with Crippen LogP contribution in [0.25, 0.3) is 0 Å². The largest absolute Gasteiger partial charge is 0.493 e. The first-order chi connectivity index (χ1) is 17.5. The van der Waals surface area contributed by atoms with Crippen molar-refractivity contribution in [1.29, 1.82) is 5.41 Å². The van der Waals surface area contributed by atoms with Crippen molar-refractivity contribution in [3.8, 4) is 0 Å². The van der Waals surface area contributed by atoms with Gasteiger partial charge in [0.25, 0.3) is 0 Å². The summed E-state index contributed by atoms with van der Waals surface area (Å²) >= 11 is 0. The number of allylic oxidation sites excluding steroid dienone is 4. The van der Waals surface area contributed by atoms with Crippen LogP contribution in [-0.4, -0.2) is 66.6 Å². The molecule has 6 N–H and O–H groups in total. The highest BCUT2D eigenvalue weighted by Crippen LogP contribution is 2.33. The summed E-state index contributed by atoms with van der Waals surface area (Å²) in [6.07, 6.45) is 13.1. The fraction of sp³-hybridized carbons (Fsp3) is 0.370. The lowest BCUT2D eigenvalue weighted by molar-refractivity contribution is -0.104. The Morgan fingerprint density at radius 3 is 3.03 bits per heavy atom. The standard InChI is InChI=1S/C27H33N7O2/c1-33-26(31-32-27(33)23-4-2-3-11-34(23)16-20(28)9-12-35)19-5-7-22(29)21(15-19)25(30)18-6-8-24-17(14-18)10-13-36-24/h2-3,5,7-9,12,14-15,18,23,27,30,32H,4,6,10-11,13,16,28-29H2,1H3.